The summed E-state index contributed by atoms with van der Waals surface area (Å²) in [6.07, 6.45) is 0.761. The van der Waals surface area contributed by atoms with E-state index in [-0.39, 0.29) is 18.2 Å². The Kier molecular flexibility index (Phi) is 3.77. The number of hydrogen-bond donors (Lipinski definition) is 1. The molecule has 76 valence electrons. The van der Waals surface area contributed by atoms with Gasteiger partial charge in [-0.1, -0.05) is 0 Å². The van der Waals surface area contributed by atoms with Gasteiger partial charge in [-0.3, -0.25) is 4.79 Å². The lowest BCUT2D eigenvalue weighted by Gasteiger charge is -2.01. The van der Waals surface area contributed by atoms with E-state index in [1.807, 2.05) is 0 Å². The van der Waals surface area contributed by atoms with E-state index in [1.54, 1.807) is 6.92 Å². The lowest BCUT2D eigenvalue weighted by Crippen LogP contribution is -2.01. The molecule has 0 radical (unpaired) electrons. The number of aliphatic hydroxyl groups is 1. The van der Waals surface area contributed by atoms with Crippen LogP contribution in [0.2, 0.25) is 0 Å². The molecule has 3 heteroatoms. The van der Waals surface area contributed by atoms with E-state index in [2.05, 4.69) is 0 Å². The van der Waals surface area contributed by atoms with Gasteiger partial charge in [0.2, 0.25) is 0 Å². The summed E-state index contributed by atoms with van der Waals surface area (Å²) in [7, 11) is 0. The Balaban J connectivity index is 2.76. The van der Waals surface area contributed by atoms with Crippen molar-refractivity contribution in [2.45, 2.75) is 19.8 Å². The molecule has 0 heterocycles. The SMILES string of the molecule is Cc1cc(C(=O)CCCO)ccc1F. The number of aliphatic hydroxyl groups excluding tert-OH is 1. The average Bonchev–Trinajstić information content (AvgIpc) is 2.18. The van der Waals surface area contributed by atoms with Crippen molar-refractivity contribution in [1.29, 1.82) is 0 Å². The molecule has 1 N–H and O–H groups in total. The molecular formula is C11H13FO2. The molecule has 0 saturated carbocycles. The molecule has 0 saturated heterocycles. The molecule has 0 unspecified atom stereocenters. The van der Waals surface area contributed by atoms with Crippen LogP contribution in [-0.4, -0.2) is 17.5 Å². The van der Waals surface area contributed by atoms with Gasteiger partial charge in [0.15, 0.2) is 5.78 Å². The topological polar surface area (TPSA) is 37.3 Å². The summed E-state index contributed by atoms with van der Waals surface area (Å²) in [5.41, 5.74) is 0.984. The molecule has 0 fully saturated rings. The number of halogens is 1. The van der Waals surface area contributed by atoms with E-state index in [4.69, 9.17) is 5.11 Å². The Labute approximate surface area is 82.4 Å². The minimum Gasteiger partial charge on any atom is -0.396 e. The van der Waals surface area contributed by atoms with E-state index in [0.717, 1.165) is 0 Å². The van der Waals surface area contributed by atoms with Crippen molar-refractivity contribution >= 4 is 5.78 Å². The fraction of sp³-hybridized carbons (Fsp3) is 0.364. The maximum absolute atomic E-state index is 12.9. The maximum atomic E-state index is 12.9. The van der Waals surface area contributed by atoms with Crippen molar-refractivity contribution in [3.63, 3.8) is 0 Å². The lowest BCUT2D eigenvalue weighted by atomic mass is 10.0. The molecule has 1 rings (SSSR count). The zero-order chi connectivity index (χ0) is 10.6. The van der Waals surface area contributed by atoms with Gasteiger partial charge in [-0.15, -0.1) is 0 Å². The first-order valence-electron chi connectivity index (χ1n) is 4.55. The summed E-state index contributed by atoms with van der Waals surface area (Å²) in [5.74, 6) is -0.356. The molecule has 1 aromatic carbocycles. The van der Waals surface area contributed by atoms with Gasteiger partial charge < -0.3 is 5.11 Å². The van der Waals surface area contributed by atoms with Crippen molar-refractivity contribution in [3.05, 3.63) is 35.1 Å². The van der Waals surface area contributed by atoms with Crippen LogP contribution in [0, 0.1) is 12.7 Å². The smallest absolute Gasteiger partial charge is 0.162 e. The van der Waals surface area contributed by atoms with Gasteiger partial charge in [-0.25, -0.2) is 4.39 Å². The van der Waals surface area contributed by atoms with E-state index < -0.39 is 0 Å². The highest BCUT2D eigenvalue weighted by molar-refractivity contribution is 5.96. The fourth-order valence-corrected chi connectivity index (χ4v) is 1.20. The molecule has 0 aliphatic carbocycles. The molecule has 0 atom stereocenters. The van der Waals surface area contributed by atoms with Crippen molar-refractivity contribution < 1.29 is 14.3 Å². The lowest BCUT2D eigenvalue weighted by molar-refractivity contribution is 0.0971. The molecule has 0 amide bonds. The summed E-state index contributed by atoms with van der Waals surface area (Å²) in [6.45, 7) is 1.63. The van der Waals surface area contributed by atoms with Gasteiger partial charge in [0.1, 0.15) is 5.82 Å². The second-order valence-electron chi connectivity index (χ2n) is 3.21. The molecule has 0 aliphatic heterocycles. The number of rotatable bonds is 4. The van der Waals surface area contributed by atoms with Crippen LogP contribution in [0.4, 0.5) is 4.39 Å². The van der Waals surface area contributed by atoms with Gasteiger partial charge in [0.25, 0.3) is 0 Å². The highest BCUT2D eigenvalue weighted by Crippen LogP contribution is 2.11. The third-order valence-electron chi connectivity index (χ3n) is 2.04. The molecule has 1 aromatic rings. The van der Waals surface area contributed by atoms with Gasteiger partial charge >= 0.3 is 0 Å². The quantitative estimate of drug-likeness (QED) is 0.749. The van der Waals surface area contributed by atoms with Crippen molar-refractivity contribution in [1.82, 2.24) is 0 Å². The zero-order valence-corrected chi connectivity index (χ0v) is 8.09. The molecule has 0 aromatic heterocycles. The highest BCUT2D eigenvalue weighted by Gasteiger charge is 2.06. The second kappa shape index (κ2) is 4.86. The van der Waals surface area contributed by atoms with Crippen LogP contribution in [0.3, 0.4) is 0 Å². The third kappa shape index (κ3) is 2.64. The normalized spacial score (nSPS) is 10.2. The Bertz CT molecular complexity index is 334. The first-order valence-corrected chi connectivity index (χ1v) is 4.55. The average molecular weight is 196 g/mol. The van der Waals surface area contributed by atoms with E-state index in [0.29, 0.717) is 24.0 Å². The summed E-state index contributed by atoms with van der Waals surface area (Å²) < 4.78 is 12.9. The van der Waals surface area contributed by atoms with E-state index in [9.17, 15) is 9.18 Å². The summed E-state index contributed by atoms with van der Waals surface area (Å²) in [6, 6.07) is 4.30. The molecule has 0 spiro atoms. The van der Waals surface area contributed by atoms with Crippen LogP contribution in [0.15, 0.2) is 18.2 Å². The molecular weight excluding hydrogens is 183 g/mol. The first-order chi connectivity index (χ1) is 6.65. The van der Waals surface area contributed by atoms with Crippen LogP contribution in [0.5, 0.6) is 0 Å². The number of carbonyl (C=O) groups excluding carboxylic acids is 1. The van der Waals surface area contributed by atoms with Crippen LogP contribution in [0.1, 0.15) is 28.8 Å². The third-order valence-corrected chi connectivity index (χ3v) is 2.04. The van der Waals surface area contributed by atoms with Gasteiger partial charge in [0.05, 0.1) is 0 Å². The van der Waals surface area contributed by atoms with Crippen LogP contribution in [-0.2, 0) is 0 Å². The highest BCUT2D eigenvalue weighted by atomic mass is 19.1. The summed E-state index contributed by atoms with van der Waals surface area (Å²) in [5, 5.41) is 8.55. The number of carbonyl (C=O) groups is 1. The molecule has 0 aliphatic rings. The minimum atomic E-state index is -0.302. The van der Waals surface area contributed by atoms with Crippen molar-refractivity contribution in [2.75, 3.05) is 6.61 Å². The monoisotopic (exact) mass is 196 g/mol. The number of aryl methyl sites for hydroxylation is 1. The zero-order valence-electron chi connectivity index (χ0n) is 8.09. The van der Waals surface area contributed by atoms with E-state index >= 15 is 0 Å². The molecule has 14 heavy (non-hydrogen) atoms. The second-order valence-corrected chi connectivity index (χ2v) is 3.21. The Morgan fingerprint density at radius 2 is 2.21 bits per heavy atom. The number of ketones is 1. The van der Waals surface area contributed by atoms with Gasteiger partial charge in [-0.2, -0.15) is 0 Å². The fourth-order valence-electron chi connectivity index (χ4n) is 1.20. The van der Waals surface area contributed by atoms with Crippen molar-refractivity contribution in [2.24, 2.45) is 0 Å². The Hall–Kier alpha value is -1.22. The van der Waals surface area contributed by atoms with Crippen LogP contribution >= 0.6 is 0 Å². The summed E-state index contributed by atoms with van der Waals surface area (Å²) >= 11 is 0. The standard InChI is InChI=1S/C11H13FO2/c1-8-7-9(4-5-10(8)12)11(14)3-2-6-13/h4-5,7,13H,2-3,6H2,1H3. The summed E-state index contributed by atoms with van der Waals surface area (Å²) in [4.78, 5) is 11.4. The predicted molar refractivity (Wildman–Crippen MR) is 51.8 cm³/mol. The van der Waals surface area contributed by atoms with Gasteiger partial charge in [0, 0.05) is 18.6 Å². The van der Waals surface area contributed by atoms with Crippen molar-refractivity contribution in [3.8, 4) is 0 Å². The van der Waals surface area contributed by atoms with Crippen LogP contribution < -0.4 is 0 Å². The Morgan fingerprint density at radius 1 is 1.50 bits per heavy atom. The minimum absolute atomic E-state index is 0.00587. The van der Waals surface area contributed by atoms with Crippen LogP contribution in [0.25, 0.3) is 0 Å². The number of benzene rings is 1. The number of hydrogen-bond acceptors (Lipinski definition) is 2. The first kappa shape index (κ1) is 10.9. The predicted octanol–water partition coefficient (Wildman–Crippen LogP) is 2.09. The van der Waals surface area contributed by atoms with Gasteiger partial charge in [-0.05, 0) is 37.1 Å². The molecule has 2 nitrogen and oxygen atoms in total. The molecule has 0 bridgehead atoms. The largest absolute Gasteiger partial charge is 0.396 e. The Morgan fingerprint density at radius 3 is 2.79 bits per heavy atom. The number of Topliss-reactive ketones (excluding diaryl/α,β-unsaturated/α-hetero) is 1. The van der Waals surface area contributed by atoms with E-state index in [1.165, 1.54) is 18.2 Å². The maximum Gasteiger partial charge on any atom is 0.162 e.